The van der Waals surface area contributed by atoms with Crippen LogP contribution in [0, 0.1) is 0 Å². The van der Waals surface area contributed by atoms with Crippen molar-refractivity contribution in [3.8, 4) is 5.75 Å². The quantitative estimate of drug-likeness (QED) is 0.732. The Kier molecular flexibility index (Phi) is 4.67. The Morgan fingerprint density at radius 1 is 1.10 bits per heavy atom. The van der Waals surface area contributed by atoms with Crippen LogP contribution in [0.4, 0.5) is 0 Å². The van der Waals surface area contributed by atoms with Gasteiger partial charge in [0.05, 0.1) is 6.61 Å². The summed E-state index contributed by atoms with van der Waals surface area (Å²) in [5.74, 6) is 0.991. The number of ether oxygens (including phenoxy) is 1. The van der Waals surface area contributed by atoms with Crippen LogP contribution in [0.3, 0.4) is 0 Å². The van der Waals surface area contributed by atoms with Gasteiger partial charge in [0.2, 0.25) is 0 Å². The highest BCUT2D eigenvalue weighted by atomic mass is 79.9. The van der Waals surface area contributed by atoms with Gasteiger partial charge in [-0.25, -0.2) is 0 Å². The zero-order valence-electron chi connectivity index (χ0n) is 11.8. The molecule has 0 saturated heterocycles. The van der Waals surface area contributed by atoms with Gasteiger partial charge in [-0.05, 0) is 42.8 Å². The van der Waals surface area contributed by atoms with Crippen LogP contribution >= 0.6 is 31.9 Å². The summed E-state index contributed by atoms with van der Waals surface area (Å²) in [6, 6.07) is 15.3. The van der Waals surface area contributed by atoms with Crippen molar-refractivity contribution in [1.29, 1.82) is 0 Å². The third-order valence-electron chi connectivity index (χ3n) is 3.83. The Hall–Kier alpha value is -0.840. The van der Waals surface area contributed by atoms with E-state index in [0.717, 1.165) is 27.7 Å². The summed E-state index contributed by atoms with van der Waals surface area (Å²) in [7, 11) is 0. The summed E-state index contributed by atoms with van der Waals surface area (Å²) in [5.41, 5.74) is 2.53. The average molecular weight is 411 g/mol. The molecule has 0 radical (unpaired) electrons. The van der Waals surface area contributed by atoms with Crippen molar-refractivity contribution < 1.29 is 4.74 Å². The predicted octanol–water partition coefficient (Wildman–Crippen LogP) is 5.39. The number of rotatable bonds is 3. The Morgan fingerprint density at radius 3 is 2.57 bits per heavy atom. The number of nitrogens with one attached hydrogen (secondary N) is 1. The molecule has 4 heteroatoms. The van der Waals surface area contributed by atoms with Crippen LogP contribution in [0.25, 0.3) is 0 Å². The largest absolute Gasteiger partial charge is 0.493 e. The van der Waals surface area contributed by atoms with E-state index in [4.69, 9.17) is 4.74 Å². The van der Waals surface area contributed by atoms with E-state index in [0.29, 0.717) is 12.1 Å². The van der Waals surface area contributed by atoms with Gasteiger partial charge in [0, 0.05) is 33.0 Å². The van der Waals surface area contributed by atoms with E-state index in [9.17, 15) is 0 Å². The van der Waals surface area contributed by atoms with E-state index < -0.39 is 0 Å². The normalized spacial score (nSPS) is 18.7. The molecule has 0 saturated carbocycles. The van der Waals surface area contributed by atoms with Crippen LogP contribution in [-0.2, 0) is 0 Å². The molecule has 1 unspecified atom stereocenters. The van der Waals surface area contributed by atoms with Crippen molar-refractivity contribution >= 4 is 31.9 Å². The van der Waals surface area contributed by atoms with E-state index in [1.54, 1.807) is 0 Å². The molecule has 2 aromatic rings. The smallest absolute Gasteiger partial charge is 0.124 e. The second kappa shape index (κ2) is 6.51. The summed E-state index contributed by atoms with van der Waals surface area (Å²) in [6.45, 7) is 2.97. The number of benzene rings is 2. The van der Waals surface area contributed by atoms with Gasteiger partial charge in [0.15, 0.2) is 0 Å². The van der Waals surface area contributed by atoms with Crippen molar-refractivity contribution in [3.63, 3.8) is 0 Å². The fourth-order valence-corrected chi connectivity index (χ4v) is 3.33. The maximum atomic E-state index is 5.74. The molecule has 0 aromatic heterocycles. The summed E-state index contributed by atoms with van der Waals surface area (Å²) in [6.07, 6.45) is 0.990. The number of halogens is 2. The highest BCUT2D eigenvalue weighted by molar-refractivity contribution is 9.10. The van der Waals surface area contributed by atoms with Gasteiger partial charge in [-0.15, -0.1) is 0 Å². The van der Waals surface area contributed by atoms with Gasteiger partial charge in [-0.1, -0.05) is 44.0 Å². The first kappa shape index (κ1) is 15.1. The molecule has 3 rings (SSSR count). The van der Waals surface area contributed by atoms with Gasteiger partial charge in [-0.2, -0.15) is 0 Å². The molecule has 110 valence electrons. The molecule has 1 heterocycles. The minimum absolute atomic E-state index is 0.299. The van der Waals surface area contributed by atoms with Crippen LogP contribution in [0.15, 0.2) is 51.4 Å². The predicted molar refractivity (Wildman–Crippen MR) is 92.7 cm³/mol. The van der Waals surface area contributed by atoms with E-state index in [1.807, 2.05) is 12.1 Å². The van der Waals surface area contributed by atoms with Gasteiger partial charge >= 0.3 is 0 Å². The van der Waals surface area contributed by atoms with Gasteiger partial charge < -0.3 is 10.1 Å². The Labute approximate surface area is 142 Å². The molecule has 2 atom stereocenters. The Morgan fingerprint density at radius 2 is 1.81 bits per heavy atom. The van der Waals surface area contributed by atoms with E-state index in [-0.39, 0.29) is 0 Å². The summed E-state index contributed by atoms with van der Waals surface area (Å²) in [5, 5.41) is 3.72. The van der Waals surface area contributed by atoms with E-state index >= 15 is 0 Å². The second-order valence-electron chi connectivity index (χ2n) is 5.31. The van der Waals surface area contributed by atoms with E-state index in [1.165, 1.54) is 11.1 Å². The highest BCUT2D eigenvalue weighted by Gasteiger charge is 2.23. The molecule has 1 aliphatic rings. The van der Waals surface area contributed by atoms with E-state index in [2.05, 4.69) is 74.4 Å². The lowest BCUT2D eigenvalue weighted by Crippen LogP contribution is -2.29. The molecule has 1 N–H and O–H groups in total. The minimum atomic E-state index is 0.299. The first-order valence-corrected chi connectivity index (χ1v) is 8.66. The monoisotopic (exact) mass is 409 g/mol. The van der Waals surface area contributed by atoms with Crippen molar-refractivity contribution in [1.82, 2.24) is 5.32 Å². The number of hydrogen-bond acceptors (Lipinski definition) is 2. The number of fused-ring (bicyclic) bond motifs is 1. The Balaban J connectivity index is 1.80. The molecule has 0 amide bonds. The van der Waals surface area contributed by atoms with Gasteiger partial charge in [0.25, 0.3) is 0 Å². The number of hydrogen-bond donors (Lipinski definition) is 1. The topological polar surface area (TPSA) is 21.3 Å². The fourth-order valence-electron chi connectivity index (χ4n) is 2.69. The zero-order chi connectivity index (χ0) is 14.8. The molecule has 21 heavy (non-hydrogen) atoms. The highest BCUT2D eigenvalue weighted by Crippen LogP contribution is 2.35. The molecule has 2 nitrogen and oxygen atoms in total. The average Bonchev–Trinajstić information content (AvgIpc) is 2.48. The first-order chi connectivity index (χ1) is 10.1. The first-order valence-electron chi connectivity index (χ1n) is 7.07. The minimum Gasteiger partial charge on any atom is -0.493 e. The lowest BCUT2D eigenvalue weighted by Gasteiger charge is -2.29. The van der Waals surface area contributed by atoms with Crippen molar-refractivity contribution in [2.75, 3.05) is 6.61 Å². The lowest BCUT2D eigenvalue weighted by atomic mass is 9.98. The summed E-state index contributed by atoms with van der Waals surface area (Å²) < 4.78 is 7.95. The van der Waals surface area contributed by atoms with Crippen LogP contribution < -0.4 is 10.1 Å². The molecular formula is C17H17Br2NO. The molecular weight excluding hydrogens is 394 g/mol. The van der Waals surface area contributed by atoms with Crippen LogP contribution in [-0.4, -0.2) is 6.61 Å². The third kappa shape index (κ3) is 3.50. The third-order valence-corrected chi connectivity index (χ3v) is 4.85. The molecule has 2 aromatic carbocycles. The summed E-state index contributed by atoms with van der Waals surface area (Å²) in [4.78, 5) is 0. The molecule has 0 spiro atoms. The fraction of sp³-hybridized carbons (Fsp3) is 0.294. The summed E-state index contributed by atoms with van der Waals surface area (Å²) >= 11 is 7.03. The second-order valence-corrected chi connectivity index (χ2v) is 7.14. The molecule has 1 aliphatic heterocycles. The van der Waals surface area contributed by atoms with Crippen LogP contribution in [0.5, 0.6) is 5.75 Å². The SMILES string of the molecule is C[C@@H](NC1CCOc2ccc(Br)cc21)c1ccc(Br)cc1. The molecule has 0 aliphatic carbocycles. The Bertz CT molecular complexity index is 627. The van der Waals surface area contributed by atoms with Crippen LogP contribution in [0.2, 0.25) is 0 Å². The maximum absolute atomic E-state index is 5.74. The standard InChI is InChI=1S/C17H17Br2NO/c1-11(12-2-4-13(18)5-3-12)20-16-8-9-21-17-7-6-14(19)10-15(16)17/h2-7,10-11,16,20H,8-9H2,1H3/t11-,16?/m1/s1. The van der Waals surface area contributed by atoms with Crippen molar-refractivity contribution in [3.05, 3.63) is 62.5 Å². The van der Waals surface area contributed by atoms with Crippen molar-refractivity contribution in [2.24, 2.45) is 0 Å². The molecule has 0 bridgehead atoms. The lowest BCUT2D eigenvalue weighted by molar-refractivity contribution is 0.246. The molecule has 0 fully saturated rings. The maximum Gasteiger partial charge on any atom is 0.124 e. The van der Waals surface area contributed by atoms with Crippen LogP contribution in [0.1, 0.15) is 36.6 Å². The van der Waals surface area contributed by atoms with Gasteiger partial charge in [-0.3, -0.25) is 0 Å². The zero-order valence-corrected chi connectivity index (χ0v) is 14.9. The van der Waals surface area contributed by atoms with Gasteiger partial charge in [0.1, 0.15) is 5.75 Å². The van der Waals surface area contributed by atoms with Crippen molar-refractivity contribution in [2.45, 2.75) is 25.4 Å².